The number of nitrogens with one attached hydrogen (secondary N) is 2. The number of benzene rings is 2. The summed E-state index contributed by atoms with van der Waals surface area (Å²) in [5.74, 6) is -1.05. The van der Waals surface area contributed by atoms with Crippen LogP contribution in [-0.4, -0.2) is 41.8 Å². The highest BCUT2D eigenvalue weighted by Gasteiger charge is 2.42. The van der Waals surface area contributed by atoms with Crippen LogP contribution in [0.25, 0.3) is 11.1 Å². The number of carboxylic acid groups (broad SMARTS) is 1. The van der Waals surface area contributed by atoms with Crippen LogP contribution in [0.3, 0.4) is 0 Å². The minimum Gasteiger partial charge on any atom is -0.480 e. The molecule has 34 heavy (non-hydrogen) atoms. The van der Waals surface area contributed by atoms with Gasteiger partial charge in [-0.05, 0) is 53.9 Å². The van der Waals surface area contributed by atoms with E-state index in [1.807, 2.05) is 24.3 Å². The maximum atomic E-state index is 12.3. The molecule has 178 valence electrons. The molecule has 0 atom stereocenters. The summed E-state index contributed by atoms with van der Waals surface area (Å²) >= 11 is 0. The molecule has 4 rings (SSSR count). The fourth-order valence-electron chi connectivity index (χ4n) is 4.88. The van der Waals surface area contributed by atoms with E-state index in [0.29, 0.717) is 18.8 Å². The quantitative estimate of drug-likeness (QED) is 0.534. The molecule has 7 heteroatoms. The number of amides is 2. The second-order valence-corrected chi connectivity index (χ2v) is 9.17. The second-order valence-electron chi connectivity index (χ2n) is 9.17. The minimum atomic E-state index is -1.21. The largest absolute Gasteiger partial charge is 0.480 e. The smallest absolute Gasteiger partial charge is 0.407 e. The molecular formula is C27H30N2O5. The number of fused-ring (bicyclic) bond motifs is 3. The third-order valence-corrected chi connectivity index (χ3v) is 6.88. The fraction of sp³-hybridized carbons (Fsp3) is 0.370. The van der Waals surface area contributed by atoms with Gasteiger partial charge in [0.15, 0.2) is 0 Å². The number of rotatable bonds is 7. The van der Waals surface area contributed by atoms with Crippen molar-refractivity contribution in [1.82, 2.24) is 10.6 Å². The Bertz CT molecular complexity index is 1060. The van der Waals surface area contributed by atoms with Gasteiger partial charge >= 0.3 is 12.1 Å². The van der Waals surface area contributed by atoms with E-state index in [9.17, 15) is 19.5 Å². The second kappa shape index (κ2) is 10.1. The number of carbonyl (C=O) groups excluding carboxylic acids is 2. The molecule has 0 spiro atoms. The Morgan fingerprint density at radius 2 is 1.62 bits per heavy atom. The van der Waals surface area contributed by atoms with E-state index < -0.39 is 23.5 Å². The van der Waals surface area contributed by atoms with E-state index in [1.54, 1.807) is 0 Å². The molecule has 0 heterocycles. The molecule has 2 aliphatic rings. The first-order valence-electron chi connectivity index (χ1n) is 11.7. The number of hydrogen-bond donors (Lipinski definition) is 3. The Morgan fingerprint density at radius 3 is 2.21 bits per heavy atom. The molecular weight excluding hydrogens is 432 g/mol. The van der Waals surface area contributed by atoms with Gasteiger partial charge in [-0.3, -0.25) is 4.79 Å². The van der Waals surface area contributed by atoms with Crippen molar-refractivity contribution in [2.24, 2.45) is 5.92 Å². The Kier molecular flexibility index (Phi) is 7.01. The number of carboxylic acids is 1. The van der Waals surface area contributed by atoms with E-state index in [0.717, 1.165) is 35.1 Å². The van der Waals surface area contributed by atoms with Crippen molar-refractivity contribution in [3.05, 3.63) is 71.8 Å². The van der Waals surface area contributed by atoms with Gasteiger partial charge < -0.3 is 20.5 Å². The average Bonchev–Trinajstić information content (AvgIpc) is 3.16. The molecule has 2 amide bonds. The van der Waals surface area contributed by atoms with Crippen LogP contribution < -0.4 is 10.6 Å². The fourth-order valence-corrected chi connectivity index (χ4v) is 4.88. The summed E-state index contributed by atoms with van der Waals surface area (Å²) in [6.45, 7) is 2.40. The lowest BCUT2D eigenvalue weighted by Gasteiger charge is -2.36. The SMILES string of the molecule is CC1CCC(NC(=O)/C=C/CNC(=O)OCC2c3ccccc3-c3ccccc32)(C(=O)O)CC1. The predicted molar refractivity (Wildman–Crippen MR) is 128 cm³/mol. The van der Waals surface area contributed by atoms with Gasteiger partial charge in [0.25, 0.3) is 0 Å². The third-order valence-electron chi connectivity index (χ3n) is 6.88. The van der Waals surface area contributed by atoms with Gasteiger partial charge in [0.1, 0.15) is 12.1 Å². The van der Waals surface area contributed by atoms with Crippen LogP contribution in [0.4, 0.5) is 4.79 Å². The number of hydrogen-bond acceptors (Lipinski definition) is 4. The molecule has 0 saturated heterocycles. The van der Waals surface area contributed by atoms with Crippen LogP contribution in [0, 0.1) is 5.92 Å². The first-order chi connectivity index (χ1) is 16.4. The first-order valence-corrected chi connectivity index (χ1v) is 11.7. The Labute approximate surface area is 199 Å². The summed E-state index contributed by atoms with van der Waals surface area (Å²) in [6, 6.07) is 16.2. The number of alkyl carbamates (subject to hydrolysis) is 1. The van der Waals surface area contributed by atoms with Crippen molar-refractivity contribution in [1.29, 1.82) is 0 Å². The van der Waals surface area contributed by atoms with E-state index in [2.05, 4.69) is 41.8 Å². The van der Waals surface area contributed by atoms with Crippen LogP contribution in [0.15, 0.2) is 60.7 Å². The molecule has 7 nitrogen and oxygen atoms in total. The highest BCUT2D eigenvalue weighted by molar-refractivity contribution is 5.93. The molecule has 0 unspecified atom stereocenters. The van der Waals surface area contributed by atoms with Crippen LogP contribution in [0.2, 0.25) is 0 Å². The lowest BCUT2D eigenvalue weighted by molar-refractivity contribution is -0.149. The van der Waals surface area contributed by atoms with E-state index in [4.69, 9.17) is 4.74 Å². The summed E-state index contributed by atoms with van der Waals surface area (Å²) in [4.78, 5) is 36.2. The van der Waals surface area contributed by atoms with Crippen molar-refractivity contribution in [3.8, 4) is 11.1 Å². The highest BCUT2D eigenvalue weighted by atomic mass is 16.5. The molecule has 1 fully saturated rings. The molecule has 2 aromatic rings. The summed E-state index contributed by atoms with van der Waals surface area (Å²) < 4.78 is 5.46. The molecule has 0 radical (unpaired) electrons. The van der Waals surface area contributed by atoms with Crippen molar-refractivity contribution < 1.29 is 24.2 Å². The number of ether oxygens (including phenoxy) is 1. The first kappa shape index (κ1) is 23.5. The molecule has 1 saturated carbocycles. The molecule has 3 N–H and O–H groups in total. The average molecular weight is 463 g/mol. The van der Waals surface area contributed by atoms with Gasteiger partial charge in [-0.2, -0.15) is 0 Å². The Balaban J connectivity index is 1.26. The Hall–Kier alpha value is -3.61. The van der Waals surface area contributed by atoms with Crippen LogP contribution in [0.1, 0.15) is 49.7 Å². The summed E-state index contributed by atoms with van der Waals surface area (Å²) in [5.41, 5.74) is 3.38. The van der Waals surface area contributed by atoms with E-state index >= 15 is 0 Å². The highest BCUT2D eigenvalue weighted by Crippen LogP contribution is 2.44. The molecule has 2 aliphatic carbocycles. The summed E-state index contributed by atoms with van der Waals surface area (Å²) in [6.07, 6.45) is 4.53. The van der Waals surface area contributed by atoms with Gasteiger partial charge in [0.2, 0.25) is 5.91 Å². The zero-order valence-corrected chi connectivity index (χ0v) is 19.3. The Morgan fingerprint density at radius 1 is 1.03 bits per heavy atom. The maximum absolute atomic E-state index is 12.3. The maximum Gasteiger partial charge on any atom is 0.407 e. The molecule has 2 aromatic carbocycles. The monoisotopic (exact) mass is 462 g/mol. The zero-order valence-electron chi connectivity index (χ0n) is 19.3. The lowest BCUT2D eigenvalue weighted by Crippen LogP contribution is -2.55. The standard InChI is InChI=1S/C27H30N2O5/c1-18-12-14-27(15-13-18,25(31)32)29-24(30)11-6-16-28-26(33)34-17-23-21-9-4-2-7-19(21)20-8-3-5-10-22(20)23/h2-11,18,23H,12-17H2,1H3,(H,28,33)(H,29,30)(H,31,32)/b11-6+. The zero-order chi connectivity index (χ0) is 24.1. The van der Waals surface area contributed by atoms with Gasteiger partial charge in [-0.15, -0.1) is 0 Å². The van der Waals surface area contributed by atoms with Gasteiger partial charge in [-0.25, -0.2) is 9.59 Å². The lowest BCUT2D eigenvalue weighted by atomic mass is 9.77. The number of carbonyl (C=O) groups is 3. The molecule has 0 bridgehead atoms. The van der Waals surface area contributed by atoms with E-state index in [1.165, 1.54) is 12.2 Å². The summed E-state index contributed by atoms with van der Waals surface area (Å²) in [5, 5.41) is 14.9. The van der Waals surface area contributed by atoms with Gasteiger partial charge in [0, 0.05) is 18.5 Å². The van der Waals surface area contributed by atoms with Crippen LogP contribution >= 0.6 is 0 Å². The van der Waals surface area contributed by atoms with Crippen LogP contribution in [-0.2, 0) is 14.3 Å². The van der Waals surface area contributed by atoms with Crippen molar-refractivity contribution in [2.45, 2.75) is 44.1 Å². The normalized spacial score (nSPS) is 21.5. The predicted octanol–water partition coefficient (Wildman–Crippen LogP) is 4.23. The van der Waals surface area contributed by atoms with Crippen molar-refractivity contribution in [2.75, 3.05) is 13.2 Å². The topological polar surface area (TPSA) is 105 Å². The molecule has 0 aromatic heterocycles. The van der Waals surface area contributed by atoms with Crippen molar-refractivity contribution in [3.63, 3.8) is 0 Å². The third kappa shape index (κ3) is 4.98. The van der Waals surface area contributed by atoms with Crippen molar-refractivity contribution >= 4 is 18.0 Å². The van der Waals surface area contributed by atoms with Gasteiger partial charge in [-0.1, -0.05) is 61.5 Å². The molecule has 0 aliphatic heterocycles. The summed E-state index contributed by atoms with van der Waals surface area (Å²) in [7, 11) is 0. The van der Waals surface area contributed by atoms with Crippen LogP contribution in [0.5, 0.6) is 0 Å². The van der Waals surface area contributed by atoms with Gasteiger partial charge in [0.05, 0.1) is 0 Å². The van der Waals surface area contributed by atoms with E-state index in [-0.39, 0.29) is 19.1 Å². The minimum absolute atomic E-state index is 0.0233. The number of aliphatic carboxylic acids is 1.